The quantitative estimate of drug-likeness (QED) is 0.769. The smallest absolute Gasteiger partial charge is 0.407 e. The number of benzene rings is 2. The van der Waals surface area contributed by atoms with Crippen LogP contribution >= 0.6 is 0 Å². The number of amides is 1. The van der Waals surface area contributed by atoms with Gasteiger partial charge in [-0.1, -0.05) is 81.4 Å². The fourth-order valence-electron chi connectivity index (χ4n) is 4.39. The second-order valence-corrected chi connectivity index (χ2v) is 12.9. The Hall–Kier alpha value is -2.62. The van der Waals surface area contributed by atoms with E-state index in [2.05, 4.69) is 51.1 Å². The average molecular weight is 409 g/mol. The molecule has 0 unspecified atom stereocenters. The molecule has 1 saturated heterocycles. The molecule has 5 nitrogen and oxygen atoms in total. The molecule has 0 aromatic heterocycles. The minimum atomic E-state index is -2.72. The van der Waals surface area contributed by atoms with E-state index in [1.54, 1.807) is 0 Å². The van der Waals surface area contributed by atoms with Crippen LogP contribution in [0.15, 0.2) is 60.7 Å². The van der Waals surface area contributed by atoms with Crippen LogP contribution in [0.4, 0.5) is 4.79 Å². The Morgan fingerprint density at radius 3 is 2.07 bits per heavy atom. The number of nitriles is 1. The zero-order valence-corrected chi connectivity index (χ0v) is 18.2. The van der Waals surface area contributed by atoms with Gasteiger partial charge in [-0.05, 0) is 21.8 Å². The summed E-state index contributed by atoms with van der Waals surface area (Å²) in [6.07, 6.45) is -0.472. The Morgan fingerprint density at radius 1 is 1.14 bits per heavy atom. The van der Waals surface area contributed by atoms with Crippen LogP contribution < -0.4 is 10.4 Å². The first kappa shape index (κ1) is 21.1. The van der Waals surface area contributed by atoms with Crippen LogP contribution in [-0.2, 0) is 4.43 Å². The number of carboxylic acid groups (broad SMARTS) is 1. The van der Waals surface area contributed by atoms with Gasteiger partial charge in [0.1, 0.15) is 0 Å². The molecule has 1 aliphatic heterocycles. The molecule has 3 rings (SSSR count). The van der Waals surface area contributed by atoms with Gasteiger partial charge in [-0.3, -0.25) is 0 Å². The number of nitrogens with zero attached hydrogens (tertiary/aromatic N) is 2. The highest BCUT2D eigenvalue weighted by molar-refractivity contribution is 6.99. The second-order valence-electron chi connectivity index (χ2n) is 8.62. The van der Waals surface area contributed by atoms with E-state index < -0.39 is 14.4 Å². The Kier molecular flexibility index (Phi) is 6.11. The molecular weight excluding hydrogens is 380 g/mol. The molecule has 1 amide bonds. The molecule has 0 bridgehead atoms. The monoisotopic (exact) mass is 408 g/mol. The van der Waals surface area contributed by atoms with Crippen LogP contribution in [0.5, 0.6) is 0 Å². The number of carbonyl (C=O) groups is 1. The van der Waals surface area contributed by atoms with E-state index >= 15 is 0 Å². The highest BCUT2D eigenvalue weighted by atomic mass is 28.4. The van der Waals surface area contributed by atoms with Crippen LogP contribution in [0, 0.1) is 17.2 Å². The van der Waals surface area contributed by atoms with Gasteiger partial charge in [0.05, 0.1) is 24.6 Å². The topological polar surface area (TPSA) is 73.6 Å². The van der Waals surface area contributed by atoms with E-state index in [4.69, 9.17) is 4.43 Å². The molecule has 29 heavy (non-hydrogen) atoms. The van der Waals surface area contributed by atoms with E-state index in [-0.39, 0.29) is 30.1 Å². The zero-order chi connectivity index (χ0) is 21.1. The van der Waals surface area contributed by atoms with Crippen molar-refractivity contribution >= 4 is 24.8 Å². The molecule has 2 atom stereocenters. The van der Waals surface area contributed by atoms with Crippen LogP contribution in [0.1, 0.15) is 27.2 Å². The minimum absolute atomic E-state index is 0.170. The van der Waals surface area contributed by atoms with Crippen molar-refractivity contribution in [3.8, 4) is 6.07 Å². The lowest BCUT2D eigenvalue weighted by Gasteiger charge is -2.43. The van der Waals surface area contributed by atoms with E-state index in [0.29, 0.717) is 6.42 Å². The number of rotatable bonds is 5. The second kappa shape index (κ2) is 8.40. The summed E-state index contributed by atoms with van der Waals surface area (Å²) < 4.78 is 6.85. The third kappa shape index (κ3) is 4.07. The van der Waals surface area contributed by atoms with Crippen molar-refractivity contribution in [3.05, 3.63) is 60.7 Å². The lowest BCUT2D eigenvalue weighted by atomic mass is 10.1. The molecular formula is C23H28N2O3Si. The molecule has 1 fully saturated rings. The lowest BCUT2D eigenvalue weighted by Crippen LogP contribution is -2.67. The molecule has 0 aliphatic carbocycles. The molecule has 152 valence electrons. The zero-order valence-electron chi connectivity index (χ0n) is 17.2. The Balaban J connectivity index is 2.02. The van der Waals surface area contributed by atoms with Gasteiger partial charge in [-0.25, -0.2) is 4.79 Å². The summed E-state index contributed by atoms with van der Waals surface area (Å²) in [4.78, 5) is 13.1. The number of likely N-dealkylation sites (tertiary alicyclic amines) is 1. The maximum Gasteiger partial charge on any atom is 0.407 e. The van der Waals surface area contributed by atoms with Gasteiger partial charge < -0.3 is 14.4 Å². The Morgan fingerprint density at radius 2 is 1.66 bits per heavy atom. The maximum atomic E-state index is 11.7. The first-order chi connectivity index (χ1) is 13.8. The molecule has 1 heterocycles. The van der Waals surface area contributed by atoms with Crippen molar-refractivity contribution in [2.75, 3.05) is 13.2 Å². The van der Waals surface area contributed by atoms with Gasteiger partial charge in [-0.2, -0.15) is 5.26 Å². The summed E-state index contributed by atoms with van der Waals surface area (Å²) in [5.41, 5.74) is 0. The summed E-state index contributed by atoms with van der Waals surface area (Å²) >= 11 is 0. The fourth-order valence-corrected chi connectivity index (χ4v) is 8.98. The highest BCUT2D eigenvalue weighted by Gasteiger charge is 2.51. The van der Waals surface area contributed by atoms with E-state index in [0.717, 1.165) is 10.4 Å². The first-order valence-electron chi connectivity index (χ1n) is 9.94. The lowest BCUT2D eigenvalue weighted by molar-refractivity contribution is 0.121. The number of hydrogen-bond donors (Lipinski definition) is 1. The van der Waals surface area contributed by atoms with E-state index in [1.807, 2.05) is 36.4 Å². The predicted octanol–water partition coefficient (Wildman–Crippen LogP) is 3.46. The fraction of sp³-hybridized carbons (Fsp3) is 0.391. The predicted molar refractivity (Wildman–Crippen MR) is 116 cm³/mol. The first-order valence-corrected chi connectivity index (χ1v) is 11.8. The molecule has 1 aliphatic rings. The normalized spacial score (nSPS) is 19.7. The molecule has 0 saturated carbocycles. The van der Waals surface area contributed by atoms with Crippen LogP contribution in [0.25, 0.3) is 0 Å². The number of hydrogen-bond acceptors (Lipinski definition) is 3. The summed E-state index contributed by atoms with van der Waals surface area (Å²) in [6, 6.07) is 22.5. The van der Waals surface area contributed by atoms with E-state index in [1.165, 1.54) is 4.90 Å². The van der Waals surface area contributed by atoms with Crippen molar-refractivity contribution < 1.29 is 14.3 Å². The van der Waals surface area contributed by atoms with Crippen LogP contribution in [-0.4, -0.2) is 43.6 Å². The third-order valence-electron chi connectivity index (χ3n) is 5.75. The standard InChI is InChI=1S/C23H28N2O3Si/c1-23(2,3)29(20-10-6-4-7-11-20,21-12-8-5-9-13-21)28-17-19-14-18(15-24)16-25(19)22(26)27/h4-13,18-19H,14,16-17H2,1-3H3,(H,26,27)/t18-,19-/m0/s1. The van der Waals surface area contributed by atoms with Crippen LogP contribution in [0.2, 0.25) is 5.04 Å². The van der Waals surface area contributed by atoms with Gasteiger partial charge in [0.2, 0.25) is 0 Å². The van der Waals surface area contributed by atoms with Gasteiger partial charge in [0.25, 0.3) is 8.32 Å². The summed E-state index contributed by atoms with van der Waals surface area (Å²) in [7, 11) is -2.72. The Bertz CT molecular complexity index is 835. The average Bonchev–Trinajstić information content (AvgIpc) is 3.13. The summed E-state index contributed by atoms with van der Waals surface area (Å²) in [5.74, 6) is -0.279. The summed E-state index contributed by atoms with van der Waals surface area (Å²) in [5, 5.41) is 21.0. The van der Waals surface area contributed by atoms with Crippen LogP contribution in [0.3, 0.4) is 0 Å². The summed E-state index contributed by atoms with van der Waals surface area (Å²) in [6.45, 7) is 7.13. The van der Waals surface area contributed by atoms with Crippen molar-refractivity contribution in [1.29, 1.82) is 5.26 Å². The minimum Gasteiger partial charge on any atom is -0.465 e. The van der Waals surface area contributed by atoms with Gasteiger partial charge in [0.15, 0.2) is 0 Å². The molecule has 1 N–H and O–H groups in total. The highest BCUT2D eigenvalue weighted by Crippen LogP contribution is 2.37. The molecule has 0 radical (unpaired) electrons. The van der Waals surface area contributed by atoms with Crippen molar-refractivity contribution in [1.82, 2.24) is 4.90 Å². The Labute approximate surface area is 173 Å². The van der Waals surface area contributed by atoms with Gasteiger partial charge >= 0.3 is 6.09 Å². The van der Waals surface area contributed by atoms with E-state index in [9.17, 15) is 15.2 Å². The third-order valence-corrected chi connectivity index (χ3v) is 10.8. The largest absolute Gasteiger partial charge is 0.465 e. The van der Waals surface area contributed by atoms with Gasteiger partial charge in [-0.15, -0.1) is 0 Å². The SMILES string of the molecule is CC(C)(C)[Si](OC[C@@H]1C[C@@H](C#N)CN1C(=O)O)(c1ccccc1)c1ccccc1. The van der Waals surface area contributed by atoms with Gasteiger partial charge in [0, 0.05) is 6.54 Å². The van der Waals surface area contributed by atoms with Crippen molar-refractivity contribution in [3.63, 3.8) is 0 Å². The van der Waals surface area contributed by atoms with Crippen molar-refractivity contribution in [2.24, 2.45) is 5.92 Å². The van der Waals surface area contributed by atoms with Crippen molar-refractivity contribution in [2.45, 2.75) is 38.3 Å². The molecule has 6 heteroatoms. The molecule has 2 aromatic carbocycles. The molecule has 2 aromatic rings. The molecule has 0 spiro atoms. The maximum absolute atomic E-state index is 11.7.